The Labute approximate surface area is 94.5 Å². The summed E-state index contributed by atoms with van der Waals surface area (Å²) in [4.78, 5) is 10.7. The van der Waals surface area contributed by atoms with E-state index < -0.39 is 12.0 Å². The van der Waals surface area contributed by atoms with Gasteiger partial charge < -0.3 is 5.11 Å². The van der Waals surface area contributed by atoms with Crippen LogP contribution in [0.15, 0.2) is 24.3 Å². The topological polar surface area (TPSA) is 73.1 Å². The predicted molar refractivity (Wildman–Crippen MR) is 59.8 cm³/mol. The first-order valence-corrected chi connectivity index (χ1v) is 5.03. The SMILES string of the molecule is C[C@@H](N[C@H](C)c1ccc(C#N)cc1)C(=O)O. The molecule has 1 rings (SSSR count). The molecule has 16 heavy (non-hydrogen) atoms. The van der Waals surface area contributed by atoms with E-state index >= 15 is 0 Å². The van der Waals surface area contributed by atoms with Crippen LogP contribution in [0.25, 0.3) is 0 Å². The lowest BCUT2D eigenvalue weighted by Gasteiger charge is -2.17. The van der Waals surface area contributed by atoms with Crippen LogP contribution in [0.2, 0.25) is 0 Å². The van der Waals surface area contributed by atoms with Crippen molar-refractivity contribution >= 4 is 5.97 Å². The van der Waals surface area contributed by atoms with Crippen molar-refractivity contribution < 1.29 is 9.90 Å². The zero-order chi connectivity index (χ0) is 12.1. The van der Waals surface area contributed by atoms with Crippen LogP contribution < -0.4 is 5.32 Å². The predicted octanol–water partition coefficient (Wildman–Crippen LogP) is 1.68. The molecule has 0 saturated carbocycles. The quantitative estimate of drug-likeness (QED) is 0.806. The summed E-state index contributed by atoms with van der Waals surface area (Å²) < 4.78 is 0. The number of carbonyl (C=O) groups is 1. The smallest absolute Gasteiger partial charge is 0.320 e. The summed E-state index contributed by atoms with van der Waals surface area (Å²) in [5.74, 6) is -0.875. The average Bonchev–Trinajstić information content (AvgIpc) is 2.28. The van der Waals surface area contributed by atoms with Crippen LogP contribution in [0.3, 0.4) is 0 Å². The Morgan fingerprint density at radius 1 is 1.38 bits per heavy atom. The molecule has 0 aliphatic carbocycles. The second-order valence-electron chi connectivity index (χ2n) is 3.68. The van der Waals surface area contributed by atoms with E-state index in [4.69, 9.17) is 10.4 Å². The highest BCUT2D eigenvalue weighted by molar-refractivity contribution is 5.72. The number of aliphatic carboxylic acids is 1. The van der Waals surface area contributed by atoms with E-state index in [-0.39, 0.29) is 6.04 Å². The van der Waals surface area contributed by atoms with E-state index in [1.807, 2.05) is 25.1 Å². The highest BCUT2D eigenvalue weighted by Crippen LogP contribution is 2.13. The number of hydrogen-bond acceptors (Lipinski definition) is 3. The third-order valence-corrected chi connectivity index (χ3v) is 2.41. The van der Waals surface area contributed by atoms with E-state index in [2.05, 4.69) is 5.32 Å². The van der Waals surface area contributed by atoms with Crippen molar-refractivity contribution in [3.8, 4) is 6.07 Å². The van der Waals surface area contributed by atoms with Gasteiger partial charge in [-0.05, 0) is 31.5 Å². The van der Waals surface area contributed by atoms with Gasteiger partial charge in [-0.2, -0.15) is 5.26 Å². The van der Waals surface area contributed by atoms with E-state index in [1.165, 1.54) is 0 Å². The Kier molecular flexibility index (Phi) is 4.03. The molecular formula is C12H14N2O2. The third-order valence-electron chi connectivity index (χ3n) is 2.41. The highest BCUT2D eigenvalue weighted by atomic mass is 16.4. The monoisotopic (exact) mass is 218 g/mol. The first kappa shape index (κ1) is 12.2. The lowest BCUT2D eigenvalue weighted by molar-refractivity contribution is -0.139. The first-order chi connectivity index (χ1) is 7.54. The molecule has 2 N–H and O–H groups in total. The van der Waals surface area contributed by atoms with Gasteiger partial charge in [0.05, 0.1) is 11.6 Å². The summed E-state index contributed by atoms with van der Waals surface area (Å²) in [6.45, 7) is 3.49. The Morgan fingerprint density at radius 2 is 1.94 bits per heavy atom. The Balaban J connectivity index is 2.70. The second-order valence-corrected chi connectivity index (χ2v) is 3.68. The minimum atomic E-state index is -0.875. The van der Waals surface area contributed by atoms with Gasteiger partial charge >= 0.3 is 5.97 Å². The van der Waals surface area contributed by atoms with E-state index in [0.29, 0.717) is 5.56 Å². The molecule has 0 heterocycles. The molecule has 0 aromatic heterocycles. The largest absolute Gasteiger partial charge is 0.480 e. The molecule has 0 unspecified atom stereocenters. The van der Waals surface area contributed by atoms with Crippen molar-refractivity contribution in [1.29, 1.82) is 5.26 Å². The number of benzene rings is 1. The Bertz CT molecular complexity index is 406. The van der Waals surface area contributed by atoms with Gasteiger partial charge in [-0.15, -0.1) is 0 Å². The Morgan fingerprint density at radius 3 is 2.38 bits per heavy atom. The van der Waals surface area contributed by atoms with Crippen molar-refractivity contribution in [3.05, 3.63) is 35.4 Å². The molecule has 0 aliphatic rings. The van der Waals surface area contributed by atoms with Crippen LogP contribution in [-0.4, -0.2) is 17.1 Å². The molecule has 0 spiro atoms. The summed E-state index contributed by atoms with van der Waals surface area (Å²) in [7, 11) is 0. The summed E-state index contributed by atoms with van der Waals surface area (Å²) in [5, 5.41) is 20.3. The van der Waals surface area contributed by atoms with E-state index in [1.54, 1.807) is 19.1 Å². The molecule has 0 aliphatic heterocycles. The minimum Gasteiger partial charge on any atom is -0.480 e. The van der Waals surface area contributed by atoms with Gasteiger partial charge in [0.15, 0.2) is 0 Å². The van der Waals surface area contributed by atoms with Gasteiger partial charge in [-0.3, -0.25) is 10.1 Å². The molecule has 1 aromatic rings. The molecule has 0 saturated heterocycles. The molecule has 0 bridgehead atoms. The molecule has 0 radical (unpaired) electrons. The number of rotatable bonds is 4. The molecule has 2 atom stereocenters. The summed E-state index contributed by atoms with van der Waals surface area (Å²) >= 11 is 0. The zero-order valence-electron chi connectivity index (χ0n) is 9.27. The van der Waals surface area contributed by atoms with E-state index in [0.717, 1.165) is 5.56 Å². The third kappa shape index (κ3) is 3.07. The zero-order valence-corrected chi connectivity index (χ0v) is 9.27. The van der Waals surface area contributed by atoms with Crippen LogP contribution in [0.1, 0.15) is 31.0 Å². The highest BCUT2D eigenvalue weighted by Gasteiger charge is 2.14. The number of nitrogens with zero attached hydrogens (tertiary/aromatic N) is 1. The number of nitriles is 1. The number of hydrogen-bond donors (Lipinski definition) is 2. The number of nitrogens with one attached hydrogen (secondary N) is 1. The summed E-state index contributed by atoms with van der Waals surface area (Å²) in [6, 6.07) is 8.48. The van der Waals surface area contributed by atoms with Gasteiger partial charge in [0.25, 0.3) is 0 Å². The molecule has 4 heteroatoms. The van der Waals surface area contributed by atoms with E-state index in [9.17, 15) is 4.79 Å². The van der Waals surface area contributed by atoms with Crippen molar-refractivity contribution in [1.82, 2.24) is 5.32 Å². The summed E-state index contributed by atoms with van der Waals surface area (Å²) in [5.41, 5.74) is 1.56. The maximum Gasteiger partial charge on any atom is 0.320 e. The maximum atomic E-state index is 10.7. The first-order valence-electron chi connectivity index (χ1n) is 5.03. The van der Waals surface area contributed by atoms with Gasteiger partial charge in [-0.25, -0.2) is 0 Å². The van der Waals surface area contributed by atoms with Gasteiger partial charge in [-0.1, -0.05) is 12.1 Å². The van der Waals surface area contributed by atoms with Crippen molar-refractivity contribution in [2.24, 2.45) is 0 Å². The van der Waals surface area contributed by atoms with Crippen LogP contribution >= 0.6 is 0 Å². The molecule has 4 nitrogen and oxygen atoms in total. The van der Waals surface area contributed by atoms with Crippen molar-refractivity contribution in [2.45, 2.75) is 25.9 Å². The van der Waals surface area contributed by atoms with Crippen LogP contribution in [-0.2, 0) is 4.79 Å². The fourth-order valence-electron chi connectivity index (χ4n) is 1.39. The molecule has 84 valence electrons. The number of carboxylic acid groups (broad SMARTS) is 1. The van der Waals surface area contributed by atoms with Gasteiger partial charge in [0.1, 0.15) is 6.04 Å². The Hall–Kier alpha value is -1.86. The average molecular weight is 218 g/mol. The lowest BCUT2D eigenvalue weighted by atomic mass is 10.1. The maximum absolute atomic E-state index is 10.7. The summed E-state index contributed by atoms with van der Waals surface area (Å²) in [6.07, 6.45) is 0. The van der Waals surface area contributed by atoms with Crippen LogP contribution in [0, 0.1) is 11.3 Å². The van der Waals surface area contributed by atoms with Gasteiger partial charge in [0.2, 0.25) is 0 Å². The minimum absolute atomic E-state index is 0.0566. The lowest BCUT2D eigenvalue weighted by Crippen LogP contribution is -2.35. The molecular weight excluding hydrogens is 204 g/mol. The van der Waals surface area contributed by atoms with Crippen molar-refractivity contribution in [3.63, 3.8) is 0 Å². The normalized spacial score (nSPS) is 13.8. The number of carboxylic acids is 1. The van der Waals surface area contributed by atoms with Crippen molar-refractivity contribution in [2.75, 3.05) is 0 Å². The van der Waals surface area contributed by atoms with Gasteiger partial charge in [0, 0.05) is 6.04 Å². The fraction of sp³-hybridized carbons (Fsp3) is 0.333. The second kappa shape index (κ2) is 5.29. The molecule has 0 fully saturated rings. The van der Waals surface area contributed by atoms with Crippen LogP contribution in [0.4, 0.5) is 0 Å². The molecule has 1 aromatic carbocycles. The fourth-order valence-corrected chi connectivity index (χ4v) is 1.39. The van der Waals surface area contributed by atoms with Crippen LogP contribution in [0.5, 0.6) is 0 Å². The standard InChI is InChI=1S/C12H14N2O2/c1-8(14-9(2)12(15)16)11-5-3-10(7-13)4-6-11/h3-6,8-9,14H,1-2H3,(H,15,16)/t8-,9-/m1/s1. The molecule has 0 amide bonds.